The number of benzene rings is 1. The minimum Gasteiger partial charge on any atom is -0.497 e. The van der Waals surface area contributed by atoms with Crippen molar-refractivity contribution in [1.29, 1.82) is 0 Å². The Kier molecular flexibility index (Phi) is 7.22. The number of aliphatic hydroxyl groups is 1. The Labute approximate surface area is 109 Å². The molecule has 4 nitrogen and oxygen atoms in total. The highest BCUT2D eigenvalue weighted by Crippen LogP contribution is 2.23. The van der Waals surface area contributed by atoms with Crippen LogP contribution in [0.1, 0.15) is 24.8 Å². The van der Waals surface area contributed by atoms with Gasteiger partial charge in [-0.2, -0.15) is 0 Å². The Morgan fingerprint density at radius 1 is 1.11 bits per heavy atom. The maximum Gasteiger partial charge on any atom is 0.123 e. The summed E-state index contributed by atoms with van der Waals surface area (Å²) in [7, 11) is 3.33. The van der Waals surface area contributed by atoms with E-state index >= 15 is 0 Å². The predicted molar refractivity (Wildman–Crippen MR) is 72.2 cm³/mol. The summed E-state index contributed by atoms with van der Waals surface area (Å²) in [5.74, 6) is 1.71. The van der Waals surface area contributed by atoms with Crippen LogP contribution in [0.3, 0.4) is 0 Å². The van der Waals surface area contributed by atoms with E-state index in [0.29, 0.717) is 0 Å². The van der Waals surface area contributed by atoms with E-state index in [2.05, 4.69) is 5.32 Å². The molecule has 0 saturated carbocycles. The van der Waals surface area contributed by atoms with E-state index in [1.54, 1.807) is 14.2 Å². The molecular formula is C14H23NO3. The molecular weight excluding hydrogens is 230 g/mol. The summed E-state index contributed by atoms with van der Waals surface area (Å²) < 4.78 is 10.5. The summed E-state index contributed by atoms with van der Waals surface area (Å²) >= 11 is 0. The average Bonchev–Trinajstić information content (AvgIpc) is 2.42. The lowest BCUT2D eigenvalue weighted by Gasteiger charge is -2.11. The first-order valence-electron chi connectivity index (χ1n) is 6.34. The molecule has 0 saturated heterocycles. The molecule has 18 heavy (non-hydrogen) atoms. The van der Waals surface area contributed by atoms with Gasteiger partial charge in [0.25, 0.3) is 0 Å². The molecule has 0 heterocycles. The first-order chi connectivity index (χ1) is 8.81. The van der Waals surface area contributed by atoms with Crippen LogP contribution >= 0.6 is 0 Å². The lowest BCUT2D eigenvalue weighted by Crippen LogP contribution is -2.15. The van der Waals surface area contributed by atoms with E-state index in [1.165, 1.54) is 0 Å². The van der Waals surface area contributed by atoms with Crippen LogP contribution in [0, 0.1) is 0 Å². The van der Waals surface area contributed by atoms with Gasteiger partial charge in [0.05, 0.1) is 14.2 Å². The van der Waals surface area contributed by atoms with Crippen LogP contribution in [0.15, 0.2) is 18.2 Å². The molecule has 0 aromatic heterocycles. The zero-order valence-corrected chi connectivity index (χ0v) is 11.2. The first kappa shape index (κ1) is 14.8. The van der Waals surface area contributed by atoms with E-state index in [0.717, 1.165) is 49.4 Å². The fourth-order valence-electron chi connectivity index (χ4n) is 1.78. The summed E-state index contributed by atoms with van der Waals surface area (Å²) in [6.45, 7) is 1.99. The van der Waals surface area contributed by atoms with Gasteiger partial charge < -0.3 is 19.9 Å². The van der Waals surface area contributed by atoms with Gasteiger partial charge in [0, 0.05) is 18.7 Å². The Hall–Kier alpha value is -1.26. The highest BCUT2D eigenvalue weighted by Gasteiger charge is 2.04. The van der Waals surface area contributed by atoms with Gasteiger partial charge in [0.15, 0.2) is 0 Å². The van der Waals surface area contributed by atoms with Crippen molar-refractivity contribution < 1.29 is 14.6 Å². The molecule has 0 spiro atoms. The maximum absolute atomic E-state index is 8.68. The molecule has 0 atom stereocenters. The molecule has 0 unspecified atom stereocenters. The second-order valence-electron chi connectivity index (χ2n) is 4.14. The zero-order valence-electron chi connectivity index (χ0n) is 11.2. The second kappa shape index (κ2) is 8.78. The maximum atomic E-state index is 8.68. The normalized spacial score (nSPS) is 10.4. The van der Waals surface area contributed by atoms with Gasteiger partial charge in [-0.1, -0.05) is 0 Å². The van der Waals surface area contributed by atoms with Gasteiger partial charge in [0.1, 0.15) is 11.5 Å². The number of unbranched alkanes of at least 4 members (excludes halogenated alkanes) is 2. The van der Waals surface area contributed by atoms with Gasteiger partial charge >= 0.3 is 0 Å². The van der Waals surface area contributed by atoms with Gasteiger partial charge in [-0.15, -0.1) is 0 Å². The number of hydrogen-bond acceptors (Lipinski definition) is 4. The van der Waals surface area contributed by atoms with Crippen LogP contribution in [0.2, 0.25) is 0 Å². The fourth-order valence-corrected chi connectivity index (χ4v) is 1.78. The van der Waals surface area contributed by atoms with Crippen LogP contribution in [0.5, 0.6) is 11.5 Å². The van der Waals surface area contributed by atoms with Crippen molar-refractivity contribution in [3.8, 4) is 11.5 Å². The van der Waals surface area contributed by atoms with Crippen molar-refractivity contribution >= 4 is 0 Å². The molecule has 0 fully saturated rings. The van der Waals surface area contributed by atoms with Crippen molar-refractivity contribution in [1.82, 2.24) is 5.32 Å². The quantitative estimate of drug-likeness (QED) is 0.661. The minimum atomic E-state index is 0.281. The van der Waals surface area contributed by atoms with Crippen molar-refractivity contribution in [2.75, 3.05) is 27.4 Å². The predicted octanol–water partition coefficient (Wildman–Crippen LogP) is 1.96. The lowest BCUT2D eigenvalue weighted by molar-refractivity contribution is 0.283. The molecule has 0 aliphatic heterocycles. The molecule has 0 amide bonds. The van der Waals surface area contributed by atoms with Crippen LogP contribution in [0.4, 0.5) is 0 Å². The summed E-state index contributed by atoms with van der Waals surface area (Å²) in [6.07, 6.45) is 3.01. The summed E-state index contributed by atoms with van der Waals surface area (Å²) in [6, 6.07) is 5.80. The molecule has 2 N–H and O–H groups in total. The molecule has 0 radical (unpaired) electrons. The molecule has 1 rings (SSSR count). The van der Waals surface area contributed by atoms with Crippen LogP contribution < -0.4 is 14.8 Å². The average molecular weight is 253 g/mol. The topological polar surface area (TPSA) is 50.7 Å². The third kappa shape index (κ3) is 4.94. The molecule has 4 heteroatoms. The largest absolute Gasteiger partial charge is 0.497 e. The van der Waals surface area contributed by atoms with Gasteiger partial charge in [0.2, 0.25) is 0 Å². The third-order valence-electron chi connectivity index (χ3n) is 2.81. The van der Waals surface area contributed by atoms with Crippen molar-refractivity contribution in [2.24, 2.45) is 0 Å². The summed E-state index contributed by atoms with van der Waals surface area (Å²) in [5, 5.41) is 12.0. The number of hydrogen-bond donors (Lipinski definition) is 2. The number of rotatable bonds is 9. The molecule has 102 valence electrons. The second-order valence-corrected chi connectivity index (χ2v) is 4.14. The first-order valence-corrected chi connectivity index (χ1v) is 6.34. The van der Waals surface area contributed by atoms with E-state index in [1.807, 2.05) is 18.2 Å². The number of ether oxygens (including phenoxy) is 2. The van der Waals surface area contributed by atoms with E-state index in [-0.39, 0.29) is 6.61 Å². The van der Waals surface area contributed by atoms with Gasteiger partial charge in [-0.3, -0.25) is 0 Å². The Bertz CT molecular complexity index is 342. The standard InChI is InChI=1S/C14H23NO3/c1-17-13-6-7-14(18-2)12(10-13)11-15-8-4-3-5-9-16/h6-7,10,15-16H,3-5,8-9,11H2,1-2H3. The van der Waals surface area contributed by atoms with Crippen molar-refractivity contribution in [2.45, 2.75) is 25.8 Å². The lowest BCUT2D eigenvalue weighted by atomic mass is 10.2. The van der Waals surface area contributed by atoms with E-state index in [9.17, 15) is 0 Å². The number of aliphatic hydroxyl groups excluding tert-OH is 1. The highest BCUT2D eigenvalue weighted by molar-refractivity contribution is 5.40. The smallest absolute Gasteiger partial charge is 0.123 e. The van der Waals surface area contributed by atoms with Crippen molar-refractivity contribution in [3.63, 3.8) is 0 Å². The SMILES string of the molecule is COc1ccc(OC)c(CNCCCCCO)c1. The molecule has 0 bridgehead atoms. The number of nitrogens with one attached hydrogen (secondary N) is 1. The minimum absolute atomic E-state index is 0.281. The number of methoxy groups -OCH3 is 2. The van der Waals surface area contributed by atoms with Crippen LogP contribution in [0.25, 0.3) is 0 Å². The zero-order chi connectivity index (χ0) is 13.2. The van der Waals surface area contributed by atoms with E-state index < -0.39 is 0 Å². The summed E-state index contributed by atoms with van der Waals surface area (Å²) in [5.41, 5.74) is 1.10. The Morgan fingerprint density at radius 3 is 2.61 bits per heavy atom. The molecule has 0 aliphatic carbocycles. The van der Waals surface area contributed by atoms with Gasteiger partial charge in [-0.05, 0) is 44.0 Å². The van der Waals surface area contributed by atoms with Gasteiger partial charge in [-0.25, -0.2) is 0 Å². The summed E-state index contributed by atoms with van der Waals surface area (Å²) in [4.78, 5) is 0. The van der Waals surface area contributed by atoms with Crippen LogP contribution in [-0.2, 0) is 6.54 Å². The monoisotopic (exact) mass is 253 g/mol. The highest BCUT2D eigenvalue weighted by atomic mass is 16.5. The van der Waals surface area contributed by atoms with E-state index in [4.69, 9.17) is 14.6 Å². The molecule has 1 aromatic carbocycles. The Morgan fingerprint density at radius 2 is 1.94 bits per heavy atom. The van der Waals surface area contributed by atoms with Crippen molar-refractivity contribution in [3.05, 3.63) is 23.8 Å². The molecule has 1 aromatic rings. The van der Waals surface area contributed by atoms with Crippen LogP contribution in [-0.4, -0.2) is 32.5 Å². The Balaban J connectivity index is 2.39. The fraction of sp³-hybridized carbons (Fsp3) is 0.571. The third-order valence-corrected chi connectivity index (χ3v) is 2.81. The molecule has 0 aliphatic rings.